The second kappa shape index (κ2) is 3.95. The first-order valence-corrected chi connectivity index (χ1v) is 6.87. The Balaban J connectivity index is 2.19. The molecule has 21 heavy (non-hydrogen) atoms. The summed E-state index contributed by atoms with van der Waals surface area (Å²) in [7, 11) is 1.99. The van der Waals surface area contributed by atoms with Crippen molar-refractivity contribution in [3.63, 3.8) is 0 Å². The van der Waals surface area contributed by atoms with Crippen molar-refractivity contribution in [1.82, 2.24) is 0 Å². The van der Waals surface area contributed by atoms with Crippen LogP contribution in [0.2, 0.25) is 0 Å². The van der Waals surface area contributed by atoms with Gasteiger partial charge < -0.3 is 10.0 Å². The molecule has 0 saturated carbocycles. The molecule has 1 aliphatic carbocycles. The summed E-state index contributed by atoms with van der Waals surface area (Å²) in [4.78, 5) is 26.6. The number of hydrogen-bond donors (Lipinski definition) is 1. The van der Waals surface area contributed by atoms with Gasteiger partial charge in [-0.2, -0.15) is 0 Å². The molecule has 2 aliphatic rings. The molecule has 0 unspecified atom stereocenters. The van der Waals surface area contributed by atoms with E-state index in [2.05, 4.69) is 11.0 Å². The average molecular weight is 279 g/mol. The number of aliphatic hydroxyl groups is 1. The second-order valence-electron chi connectivity index (χ2n) is 5.55. The van der Waals surface area contributed by atoms with Gasteiger partial charge >= 0.3 is 0 Å². The van der Waals surface area contributed by atoms with Gasteiger partial charge in [-0.25, -0.2) is 0 Å². The summed E-state index contributed by atoms with van der Waals surface area (Å²) in [6.45, 7) is 0.883. The van der Waals surface area contributed by atoms with Crippen LogP contribution in [0.3, 0.4) is 0 Å². The Hall–Kier alpha value is -2.62. The minimum atomic E-state index is -0.475. The number of fused-ring (bicyclic) bond motifs is 2. The summed E-state index contributed by atoms with van der Waals surface area (Å²) in [5.74, 6) is -1.26. The van der Waals surface area contributed by atoms with E-state index in [-0.39, 0.29) is 5.78 Å². The molecule has 0 saturated heterocycles. The number of hydrogen-bond acceptors (Lipinski definition) is 4. The maximum atomic E-state index is 12.3. The molecular formula is C17H13NO3. The summed E-state index contributed by atoms with van der Waals surface area (Å²) in [6, 6.07) is 7.59. The van der Waals surface area contributed by atoms with Crippen LogP contribution in [0.25, 0.3) is 10.8 Å². The van der Waals surface area contributed by atoms with Crippen molar-refractivity contribution in [2.75, 3.05) is 18.5 Å². The lowest BCUT2D eigenvalue weighted by molar-refractivity contribution is 0.0941. The molecule has 0 atom stereocenters. The Morgan fingerprint density at radius 1 is 1.24 bits per heavy atom. The van der Waals surface area contributed by atoms with Gasteiger partial charge in [0.1, 0.15) is 0 Å². The van der Waals surface area contributed by atoms with Crippen LogP contribution in [-0.2, 0) is 6.42 Å². The summed E-state index contributed by atoms with van der Waals surface area (Å²) < 4.78 is 0. The topological polar surface area (TPSA) is 57.6 Å². The highest BCUT2D eigenvalue weighted by molar-refractivity contribution is 6.29. The molecule has 1 N–H and O–H groups in total. The molecule has 0 amide bonds. The maximum Gasteiger partial charge on any atom is 0.228 e. The maximum absolute atomic E-state index is 12.3. The van der Waals surface area contributed by atoms with Gasteiger partial charge in [0.15, 0.2) is 11.5 Å². The first-order valence-electron chi connectivity index (χ1n) is 6.87. The van der Waals surface area contributed by atoms with Crippen LogP contribution in [0.15, 0.2) is 36.1 Å². The standard InChI is InChI=1S/C17H13NO3/c1-18-6-5-9-3-2-4-10-15(9)12(18)7-11-13(19)8-14(20)17(21)16(10)11/h2-4,7-8,20H,5-6H2,1H3. The van der Waals surface area contributed by atoms with Gasteiger partial charge in [0.2, 0.25) is 5.78 Å². The number of rotatable bonds is 0. The van der Waals surface area contributed by atoms with Crippen LogP contribution in [0, 0.1) is 0 Å². The van der Waals surface area contributed by atoms with E-state index in [1.807, 2.05) is 19.2 Å². The molecule has 0 bridgehead atoms. The van der Waals surface area contributed by atoms with Crippen LogP contribution < -0.4 is 4.90 Å². The van der Waals surface area contributed by atoms with Crippen molar-refractivity contribution in [3.05, 3.63) is 52.8 Å². The first-order chi connectivity index (χ1) is 10.1. The van der Waals surface area contributed by atoms with Gasteiger partial charge in [-0.3, -0.25) is 9.59 Å². The van der Waals surface area contributed by atoms with E-state index in [9.17, 15) is 14.7 Å². The fraction of sp³-hybridized carbons (Fsp3) is 0.176. The molecule has 0 aromatic heterocycles. The van der Waals surface area contributed by atoms with Gasteiger partial charge in [-0.05, 0) is 23.4 Å². The third kappa shape index (κ3) is 1.50. The molecule has 0 radical (unpaired) electrons. The number of allylic oxidation sites excluding steroid dienone is 2. The third-order valence-corrected chi connectivity index (χ3v) is 4.35. The predicted octanol–water partition coefficient (Wildman–Crippen LogP) is 2.65. The number of ketones is 2. The molecule has 2 aromatic rings. The lowest BCUT2D eigenvalue weighted by Crippen LogP contribution is -2.26. The highest BCUT2D eigenvalue weighted by atomic mass is 16.3. The van der Waals surface area contributed by atoms with E-state index in [1.165, 1.54) is 5.56 Å². The molecule has 0 fully saturated rings. The Morgan fingerprint density at radius 2 is 2.05 bits per heavy atom. The monoisotopic (exact) mass is 279 g/mol. The zero-order chi connectivity index (χ0) is 14.7. The fourth-order valence-electron chi connectivity index (χ4n) is 3.29. The van der Waals surface area contributed by atoms with Gasteiger partial charge in [0, 0.05) is 41.9 Å². The van der Waals surface area contributed by atoms with Gasteiger partial charge in [-0.15, -0.1) is 0 Å². The fourth-order valence-corrected chi connectivity index (χ4v) is 3.29. The van der Waals surface area contributed by atoms with Crippen LogP contribution in [0.5, 0.6) is 0 Å². The Morgan fingerprint density at radius 3 is 2.86 bits per heavy atom. The predicted molar refractivity (Wildman–Crippen MR) is 80.3 cm³/mol. The van der Waals surface area contributed by atoms with Crippen molar-refractivity contribution < 1.29 is 14.7 Å². The number of anilines is 1. The lowest BCUT2D eigenvalue weighted by atomic mass is 9.85. The molecule has 4 rings (SSSR count). The molecule has 104 valence electrons. The van der Waals surface area contributed by atoms with Gasteiger partial charge in [0.05, 0.1) is 0 Å². The van der Waals surface area contributed by atoms with E-state index >= 15 is 0 Å². The van der Waals surface area contributed by atoms with E-state index < -0.39 is 11.5 Å². The Kier molecular flexibility index (Phi) is 2.28. The third-order valence-electron chi connectivity index (χ3n) is 4.35. The van der Waals surface area contributed by atoms with Crippen molar-refractivity contribution in [3.8, 4) is 0 Å². The number of carbonyl (C=O) groups is 2. The van der Waals surface area contributed by atoms with E-state index in [4.69, 9.17) is 0 Å². The summed E-state index contributed by atoms with van der Waals surface area (Å²) in [5, 5.41) is 11.5. The van der Waals surface area contributed by atoms with Crippen molar-refractivity contribution in [1.29, 1.82) is 0 Å². The molecule has 1 aliphatic heterocycles. The number of likely N-dealkylation sites (N-methyl/N-ethyl adjacent to an activating group) is 1. The van der Waals surface area contributed by atoms with Gasteiger partial charge in [0.25, 0.3) is 0 Å². The van der Waals surface area contributed by atoms with E-state index in [0.29, 0.717) is 11.1 Å². The zero-order valence-corrected chi connectivity index (χ0v) is 11.5. The normalized spacial score (nSPS) is 17.0. The Labute approximate surface area is 121 Å². The first kappa shape index (κ1) is 12.1. The largest absolute Gasteiger partial charge is 0.504 e. The van der Waals surface area contributed by atoms with E-state index in [0.717, 1.165) is 35.5 Å². The van der Waals surface area contributed by atoms with Crippen LogP contribution in [-0.4, -0.2) is 30.3 Å². The summed E-state index contributed by atoms with van der Waals surface area (Å²) >= 11 is 0. The van der Waals surface area contributed by atoms with Gasteiger partial charge in [-0.1, -0.05) is 18.2 Å². The molecule has 4 nitrogen and oxygen atoms in total. The molecular weight excluding hydrogens is 266 g/mol. The SMILES string of the molecule is CN1CCc2cccc3c4c(cc1c23)C(=O)C=C(O)C4=O. The minimum absolute atomic E-state index is 0.315. The number of benzene rings is 2. The number of carbonyl (C=O) groups excluding carboxylic acids is 2. The minimum Gasteiger partial charge on any atom is -0.504 e. The molecule has 1 heterocycles. The van der Waals surface area contributed by atoms with Crippen molar-refractivity contribution in [2.45, 2.75) is 6.42 Å². The van der Waals surface area contributed by atoms with Crippen LogP contribution >= 0.6 is 0 Å². The highest BCUT2D eigenvalue weighted by Crippen LogP contribution is 2.39. The number of nitrogens with zero attached hydrogens (tertiary/aromatic N) is 1. The average Bonchev–Trinajstić information content (AvgIpc) is 2.48. The second-order valence-corrected chi connectivity index (χ2v) is 5.55. The quantitative estimate of drug-likeness (QED) is 0.805. The molecule has 4 heteroatoms. The molecule has 0 spiro atoms. The van der Waals surface area contributed by atoms with E-state index in [1.54, 1.807) is 6.07 Å². The molecule has 2 aromatic carbocycles. The zero-order valence-electron chi connectivity index (χ0n) is 11.5. The number of Topliss-reactive ketones (excluding diaryl/α,β-unsaturated/α-hetero) is 1. The van der Waals surface area contributed by atoms with Crippen molar-refractivity contribution in [2.24, 2.45) is 0 Å². The summed E-state index contributed by atoms with van der Waals surface area (Å²) in [6.07, 6.45) is 1.92. The summed E-state index contributed by atoms with van der Waals surface area (Å²) in [5.41, 5.74) is 2.86. The van der Waals surface area contributed by atoms with Crippen LogP contribution in [0.4, 0.5) is 5.69 Å². The smallest absolute Gasteiger partial charge is 0.228 e. The number of aliphatic hydroxyl groups excluding tert-OH is 1. The van der Waals surface area contributed by atoms with Crippen molar-refractivity contribution >= 4 is 28.0 Å². The lowest BCUT2D eigenvalue weighted by Gasteiger charge is -2.29. The highest BCUT2D eigenvalue weighted by Gasteiger charge is 2.30. The van der Waals surface area contributed by atoms with Crippen LogP contribution in [0.1, 0.15) is 26.3 Å². The Bertz CT molecular complexity index is 864.